The number of halogens is 2. The van der Waals surface area contributed by atoms with Crippen LogP contribution in [0.5, 0.6) is 5.75 Å². The first-order valence-electron chi connectivity index (χ1n) is 8.77. The lowest BCUT2D eigenvalue weighted by Gasteiger charge is -2.06. The summed E-state index contributed by atoms with van der Waals surface area (Å²) >= 11 is 11.7. The summed E-state index contributed by atoms with van der Waals surface area (Å²) in [6, 6.07) is 12.0. The van der Waals surface area contributed by atoms with Gasteiger partial charge in [0.1, 0.15) is 5.75 Å². The first-order valence-corrected chi connectivity index (χ1v) is 9.53. The third kappa shape index (κ3) is 7.21. The molecule has 0 aliphatic carbocycles. The van der Waals surface area contributed by atoms with Gasteiger partial charge in [0.05, 0.1) is 22.9 Å². The number of carbonyl (C=O) groups excluding carboxylic acids is 2. The lowest BCUT2D eigenvalue weighted by Crippen LogP contribution is -2.29. The predicted octanol–water partition coefficient (Wildman–Crippen LogP) is 4.05. The number of hydrogen-bond acceptors (Lipinski definition) is 4. The van der Waals surface area contributed by atoms with Crippen LogP contribution in [0.1, 0.15) is 35.7 Å². The molecule has 0 atom stereocenters. The summed E-state index contributed by atoms with van der Waals surface area (Å²) in [5.41, 5.74) is 3.60. The zero-order chi connectivity index (χ0) is 20.4. The van der Waals surface area contributed by atoms with Gasteiger partial charge in [0.25, 0.3) is 5.91 Å². The number of benzene rings is 2. The second kappa shape index (κ2) is 11.3. The molecule has 28 heavy (non-hydrogen) atoms. The van der Waals surface area contributed by atoms with E-state index in [1.165, 1.54) is 12.3 Å². The van der Waals surface area contributed by atoms with E-state index in [4.69, 9.17) is 27.9 Å². The summed E-state index contributed by atoms with van der Waals surface area (Å²) in [7, 11) is 0. The third-order valence-corrected chi connectivity index (χ3v) is 4.29. The van der Waals surface area contributed by atoms with Crippen molar-refractivity contribution in [3.05, 3.63) is 63.6 Å². The highest BCUT2D eigenvalue weighted by molar-refractivity contribution is 6.42. The van der Waals surface area contributed by atoms with Gasteiger partial charge in [0, 0.05) is 18.5 Å². The number of nitrogens with one attached hydrogen (secondary N) is 2. The van der Waals surface area contributed by atoms with Gasteiger partial charge in [0.2, 0.25) is 5.91 Å². The van der Waals surface area contributed by atoms with E-state index in [0.717, 1.165) is 17.7 Å². The monoisotopic (exact) mass is 421 g/mol. The van der Waals surface area contributed by atoms with E-state index in [1.807, 2.05) is 31.2 Å². The summed E-state index contributed by atoms with van der Waals surface area (Å²) in [4.78, 5) is 23.8. The smallest absolute Gasteiger partial charge is 0.251 e. The molecule has 2 aromatic rings. The highest BCUT2D eigenvalue weighted by atomic mass is 35.5. The average Bonchev–Trinajstić information content (AvgIpc) is 2.68. The predicted molar refractivity (Wildman–Crippen MR) is 111 cm³/mol. The fourth-order valence-corrected chi connectivity index (χ4v) is 2.47. The number of carbonyl (C=O) groups is 2. The van der Waals surface area contributed by atoms with Crippen molar-refractivity contribution in [2.45, 2.75) is 19.8 Å². The van der Waals surface area contributed by atoms with Crippen LogP contribution in [0.15, 0.2) is 47.6 Å². The van der Waals surface area contributed by atoms with Crippen molar-refractivity contribution in [3.63, 3.8) is 0 Å². The molecule has 2 amide bonds. The van der Waals surface area contributed by atoms with Crippen LogP contribution in [-0.2, 0) is 4.79 Å². The number of rotatable bonds is 9. The Hall–Kier alpha value is -2.57. The van der Waals surface area contributed by atoms with Crippen molar-refractivity contribution in [1.82, 2.24) is 10.7 Å². The standard InChI is InChI=1S/C20H21Cl2N3O3/c1-2-10-28-16-5-3-4-14(11-16)13-24-25-19(26)8-9-23-20(27)15-6-7-17(21)18(22)12-15/h3-7,11-13H,2,8-10H2,1H3,(H,23,27)(H,25,26). The van der Waals surface area contributed by atoms with Crippen LogP contribution in [0.25, 0.3) is 0 Å². The Morgan fingerprint density at radius 1 is 1.14 bits per heavy atom. The summed E-state index contributed by atoms with van der Waals surface area (Å²) in [6.45, 7) is 2.85. The Morgan fingerprint density at radius 2 is 1.96 bits per heavy atom. The molecule has 0 fully saturated rings. The summed E-state index contributed by atoms with van der Waals surface area (Å²) in [5.74, 6) is 0.102. The van der Waals surface area contributed by atoms with Crippen molar-refractivity contribution in [2.75, 3.05) is 13.2 Å². The number of amides is 2. The zero-order valence-corrected chi connectivity index (χ0v) is 16.9. The van der Waals surface area contributed by atoms with Crippen LogP contribution in [0.2, 0.25) is 10.0 Å². The molecule has 8 heteroatoms. The first-order chi connectivity index (χ1) is 13.5. The number of hydrazone groups is 1. The maximum Gasteiger partial charge on any atom is 0.251 e. The maximum atomic E-state index is 12.0. The Kier molecular flexibility index (Phi) is 8.78. The molecule has 0 bridgehead atoms. The fraction of sp³-hybridized carbons (Fsp3) is 0.250. The van der Waals surface area contributed by atoms with Crippen molar-refractivity contribution in [3.8, 4) is 5.75 Å². The molecule has 6 nitrogen and oxygen atoms in total. The lowest BCUT2D eigenvalue weighted by molar-refractivity contribution is -0.120. The molecule has 0 spiro atoms. The molecule has 0 unspecified atom stereocenters. The minimum Gasteiger partial charge on any atom is -0.494 e. The second-order valence-electron chi connectivity index (χ2n) is 5.85. The van der Waals surface area contributed by atoms with Gasteiger partial charge in [0.15, 0.2) is 0 Å². The first kappa shape index (κ1) is 21.7. The molecule has 148 valence electrons. The van der Waals surface area contributed by atoms with Crippen LogP contribution < -0.4 is 15.5 Å². The molecule has 0 saturated heterocycles. The zero-order valence-electron chi connectivity index (χ0n) is 15.4. The molecular weight excluding hydrogens is 401 g/mol. The normalized spacial score (nSPS) is 10.7. The molecule has 0 aliphatic heterocycles. The minimum absolute atomic E-state index is 0.0874. The highest BCUT2D eigenvalue weighted by Gasteiger charge is 2.08. The highest BCUT2D eigenvalue weighted by Crippen LogP contribution is 2.22. The van der Waals surface area contributed by atoms with Crippen LogP contribution in [0.3, 0.4) is 0 Å². The molecule has 2 aromatic carbocycles. The summed E-state index contributed by atoms with van der Waals surface area (Å²) in [6.07, 6.45) is 2.55. The largest absolute Gasteiger partial charge is 0.494 e. The van der Waals surface area contributed by atoms with Crippen LogP contribution >= 0.6 is 23.2 Å². The molecule has 0 saturated carbocycles. The summed E-state index contributed by atoms with van der Waals surface area (Å²) in [5, 5.41) is 7.23. The van der Waals surface area contributed by atoms with E-state index in [9.17, 15) is 9.59 Å². The molecule has 2 rings (SSSR count). The minimum atomic E-state index is -0.334. The van der Waals surface area contributed by atoms with E-state index in [1.54, 1.807) is 12.1 Å². The SMILES string of the molecule is CCCOc1cccc(C=NNC(=O)CCNC(=O)c2ccc(Cl)c(Cl)c2)c1. The van der Waals surface area contributed by atoms with Gasteiger partial charge in [-0.15, -0.1) is 0 Å². The number of ether oxygens (including phenoxy) is 1. The van der Waals surface area contributed by atoms with Gasteiger partial charge in [-0.3, -0.25) is 9.59 Å². The van der Waals surface area contributed by atoms with Gasteiger partial charge in [-0.2, -0.15) is 5.10 Å². The fourth-order valence-electron chi connectivity index (χ4n) is 2.17. The number of nitrogens with zero attached hydrogens (tertiary/aromatic N) is 1. The van der Waals surface area contributed by atoms with E-state index in [-0.39, 0.29) is 24.8 Å². The Morgan fingerprint density at radius 3 is 2.71 bits per heavy atom. The van der Waals surface area contributed by atoms with Gasteiger partial charge >= 0.3 is 0 Å². The van der Waals surface area contributed by atoms with Crippen LogP contribution in [0, 0.1) is 0 Å². The van der Waals surface area contributed by atoms with Gasteiger partial charge < -0.3 is 10.1 Å². The van der Waals surface area contributed by atoms with Crippen molar-refractivity contribution in [1.29, 1.82) is 0 Å². The Labute approximate surface area is 173 Å². The molecule has 0 aliphatic rings. The van der Waals surface area contributed by atoms with Crippen LogP contribution in [-0.4, -0.2) is 31.2 Å². The third-order valence-electron chi connectivity index (χ3n) is 3.55. The second-order valence-corrected chi connectivity index (χ2v) is 6.66. The maximum absolute atomic E-state index is 12.0. The van der Waals surface area contributed by atoms with Crippen LogP contribution in [0.4, 0.5) is 0 Å². The molecule has 0 aromatic heterocycles. The molecule has 0 radical (unpaired) electrons. The van der Waals surface area contributed by atoms with Crippen molar-refractivity contribution < 1.29 is 14.3 Å². The van der Waals surface area contributed by atoms with E-state index < -0.39 is 0 Å². The Balaban J connectivity index is 1.74. The van der Waals surface area contributed by atoms with E-state index in [0.29, 0.717) is 22.2 Å². The van der Waals surface area contributed by atoms with E-state index >= 15 is 0 Å². The van der Waals surface area contributed by atoms with Crippen molar-refractivity contribution >= 4 is 41.2 Å². The van der Waals surface area contributed by atoms with Gasteiger partial charge in [-0.05, 0) is 42.3 Å². The molecule has 2 N–H and O–H groups in total. The average molecular weight is 422 g/mol. The molecular formula is C20H21Cl2N3O3. The molecule has 0 heterocycles. The lowest BCUT2D eigenvalue weighted by atomic mass is 10.2. The van der Waals surface area contributed by atoms with Gasteiger partial charge in [-0.1, -0.05) is 42.3 Å². The van der Waals surface area contributed by atoms with Gasteiger partial charge in [-0.25, -0.2) is 5.43 Å². The van der Waals surface area contributed by atoms with E-state index in [2.05, 4.69) is 15.8 Å². The summed E-state index contributed by atoms with van der Waals surface area (Å²) < 4.78 is 5.54. The topological polar surface area (TPSA) is 79.8 Å². The number of hydrogen-bond donors (Lipinski definition) is 2. The Bertz CT molecular complexity index is 856. The quantitative estimate of drug-likeness (QED) is 0.473. The van der Waals surface area contributed by atoms with Crippen molar-refractivity contribution in [2.24, 2.45) is 5.10 Å².